The SMILES string of the molecule is CN(C)/C=N/c1nc2ncc(C3CO3)nc2c(=O)n1Cc1ccccc1. The smallest absolute Gasteiger partial charge is 0.283 e. The fraction of sp³-hybridized carbons (Fsp3) is 0.278. The lowest BCUT2D eigenvalue weighted by Crippen LogP contribution is -2.24. The van der Waals surface area contributed by atoms with Crippen LogP contribution in [0.4, 0.5) is 5.95 Å². The average Bonchev–Trinajstić information content (AvgIpc) is 3.48. The number of benzene rings is 1. The number of hydrogen-bond acceptors (Lipinski definition) is 6. The minimum atomic E-state index is -0.264. The summed E-state index contributed by atoms with van der Waals surface area (Å²) < 4.78 is 6.75. The van der Waals surface area contributed by atoms with Gasteiger partial charge < -0.3 is 9.64 Å². The highest BCUT2D eigenvalue weighted by atomic mass is 16.6. The molecule has 132 valence electrons. The number of nitrogens with zero attached hydrogens (tertiary/aromatic N) is 6. The van der Waals surface area contributed by atoms with E-state index in [2.05, 4.69) is 19.9 Å². The minimum absolute atomic E-state index is 0.0692. The predicted octanol–water partition coefficient (Wildman–Crippen LogP) is 1.53. The summed E-state index contributed by atoms with van der Waals surface area (Å²) >= 11 is 0. The molecule has 26 heavy (non-hydrogen) atoms. The monoisotopic (exact) mass is 350 g/mol. The molecule has 1 atom stereocenters. The molecule has 1 unspecified atom stereocenters. The summed E-state index contributed by atoms with van der Waals surface area (Å²) in [5.74, 6) is 0.296. The van der Waals surface area contributed by atoms with Gasteiger partial charge >= 0.3 is 0 Å². The first-order valence-electron chi connectivity index (χ1n) is 8.25. The summed E-state index contributed by atoms with van der Waals surface area (Å²) in [7, 11) is 3.71. The van der Waals surface area contributed by atoms with Crippen LogP contribution < -0.4 is 5.56 Å². The second-order valence-electron chi connectivity index (χ2n) is 6.29. The Morgan fingerprint density at radius 1 is 1.31 bits per heavy atom. The highest BCUT2D eigenvalue weighted by Gasteiger charge is 2.27. The molecule has 1 aliphatic heterocycles. The van der Waals surface area contributed by atoms with Crippen LogP contribution in [0.15, 0.2) is 46.3 Å². The molecule has 0 radical (unpaired) electrons. The standard InChI is InChI=1S/C18H18N6O2/c1-23(2)11-20-18-22-16-15(21-13(8-19-16)14-10-26-14)17(25)24(18)9-12-6-4-3-5-7-12/h3-8,11,14H,9-10H2,1-2H3/b20-11+. The normalized spacial score (nSPS) is 16.3. The van der Waals surface area contributed by atoms with Crippen molar-refractivity contribution < 1.29 is 4.74 Å². The van der Waals surface area contributed by atoms with Crippen LogP contribution in [-0.2, 0) is 11.3 Å². The first-order valence-corrected chi connectivity index (χ1v) is 8.25. The van der Waals surface area contributed by atoms with Crippen molar-refractivity contribution in [3.63, 3.8) is 0 Å². The van der Waals surface area contributed by atoms with Crippen LogP contribution >= 0.6 is 0 Å². The van der Waals surface area contributed by atoms with Gasteiger partial charge in [0.15, 0.2) is 11.2 Å². The maximum Gasteiger partial charge on any atom is 0.283 e. The van der Waals surface area contributed by atoms with Crippen LogP contribution in [0.2, 0.25) is 0 Å². The number of aliphatic imine (C=N–C) groups is 1. The molecule has 0 saturated carbocycles. The molecule has 1 saturated heterocycles. The van der Waals surface area contributed by atoms with Gasteiger partial charge in [0.05, 0.1) is 31.4 Å². The number of epoxide rings is 1. The zero-order chi connectivity index (χ0) is 18.1. The van der Waals surface area contributed by atoms with Crippen LogP contribution in [-0.4, -0.2) is 51.5 Å². The van der Waals surface area contributed by atoms with E-state index in [1.54, 1.807) is 17.4 Å². The van der Waals surface area contributed by atoms with Crippen molar-refractivity contribution in [1.29, 1.82) is 0 Å². The Labute approximate surface area is 149 Å². The summed E-state index contributed by atoms with van der Waals surface area (Å²) in [5, 5.41) is 0. The molecule has 2 aromatic heterocycles. The Kier molecular flexibility index (Phi) is 4.18. The second kappa shape index (κ2) is 6.64. The van der Waals surface area contributed by atoms with E-state index >= 15 is 0 Å². The first kappa shape index (κ1) is 16.3. The maximum absolute atomic E-state index is 13.1. The summed E-state index contributed by atoms with van der Waals surface area (Å²) in [5.41, 5.74) is 1.89. The Hall–Kier alpha value is -3.13. The molecule has 1 aliphatic rings. The van der Waals surface area contributed by atoms with Crippen molar-refractivity contribution in [1.82, 2.24) is 24.4 Å². The maximum atomic E-state index is 13.1. The van der Waals surface area contributed by atoms with Crippen LogP contribution in [0.1, 0.15) is 17.4 Å². The minimum Gasteiger partial charge on any atom is -0.369 e. The van der Waals surface area contributed by atoms with E-state index in [-0.39, 0.29) is 22.8 Å². The van der Waals surface area contributed by atoms with Crippen LogP contribution in [0.25, 0.3) is 11.2 Å². The molecule has 0 amide bonds. The molecular formula is C18H18N6O2. The molecule has 8 heteroatoms. The summed E-state index contributed by atoms with van der Waals surface area (Å²) in [6.45, 7) is 0.964. The van der Waals surface area contributed by atoms with Crippen LogP contribution in [0.5, 0.6) is 0 Å². The third-order valence-corrected chi connectivity index (χ3v) is 3.92. The number of fused-ring (bicyclic) bond motifs is 1. The Morgan fingerprint density at radius 3 is 2.77 bits per heavy atom. The van der Waals surface area contributed by atoms with E-state index in [0.717, 1.165) is 5.56 Å². The van der Waals surface area contributed by atoms with Gasteiger partial charge in [-0.1, -0.05) is 30.3 Å². The molecular weight excluding hydrogens is 332 g/mol. The van der Waals surface area contributed by atoms with Gasteiger partial charge in [-0.3, -0.25) is 9.36 Å². The van der Waals surface area contributed by atoms with Crippen molar-refractivity contribution in [2.45, 2.75) is 12.6 Å². The highest BCUT2D eigenvalue weighted by molar-refractivity contribution is 5.70. The Balaban J connectivity index is 1.87. The molecule has 0 spiro atoms. The fourth-order valence-corrected chi connectivity index (χ4v) is 2.54. The van der Waals surface area contributed by atoms with Gasteiger partial charge in [-0.15, -0.1) is 0 Å². The van der Waals surface area contributed by atoms with Gasteiger partial charge in [-0.25, -0.2) is 15.0 Å². The molecule has 3 aromatic rings. The molecule has 1 aromatic carbocycles. The van der Waals surface area contributed by atoms with Crippen molar-refractivity contribution in [2.24, 2.45) is 4.99 Å². The zero-order valence-corrected chi connectivity index (χ0v) is 14.5. The Bertz CT molecular complexity index is 1030. The largest absolute Gasteiger partial charge is 0.369 e. The number of rotatable bonds is 5. The van der Waals surface area contributed by atoms with E-state index in [0.29, 0.717) is 24.8 Å². The van der Waals surface area contributed by atoms with Crippen molar-refractivity contribution in [2.75, 3.05) is 20.7 Å². The summed E-state index contributed by atoms with van der Waals surface area (Å²) in [6.07, 6.45) is 3.14. The van der Waals surface area contributed by atoms with Crippen LogP contribution in [0, 0.1) is 0 Å². The number of hydrogen-bond donors (Lipinski definition) is 0. The Morgan fingerprint density at radius 2 is 2.08 bits per heavy atom. The summed E-state index contributed by atoms with van der Waals surface area (Å²) in [6, 6.07) is 9.70. The van der Waals surface area contributed by atoms with Crippen molar-refractivity contribution in [3.8, 4) is 0 Å². The topological polar surface area (TPSA) is 88.8 Å². The molecule has 3 heterocycles. The first-order chi connectivity index (χ1) is 12.6. The lowest BCUT2D eigenvalue weighted by molar-refractivity contribution is 0.411. The second-order valence-corrected chi connectivity index (χ2v) is 6.29. The quantitative estimate of drug-likeness (QED) is 0.394. The van der Waals surface area contributed by atoms with Gasteiger partial charge in [0.2, 0.25) is 5.95 Å². The van der Waals surface area contributed by atoms with Gasteiger partial charge in [0.1, 0.15) is 6.10 Å². The summed E-state index contributed by atoms with van der Waals surface area (Å²) in [4.78, 5) is 32.4. The third-order valence-electron chi connectivity index (χ3n) is 3.92. The lowest BCUT2D eigenvalue weighted by Gasteiger charge is -2.11. The van der Waals surface area contributed by atoms with Gasteiger partial charge in [0, 0.05) is 14.1 Å². The molecule has 4 rings (SSSR count). The van der Waals surface area contributed by atoms with Crippen molar-refractivity contribution >= 4 is 23.5 Å². The van der Waals surface area contributed by atoms with E-state index in [9.17, 15) is 4.79 Å². The van der Waals surface area contributed by atoms with Crippen molar-refractivity contribution in [3.05, 3.63) is 58.1 Å². The number of ether oxygens (including phenoxy) is 1. The van der Waals surface area contributed by atoms with E-state index in [4.69, 9.17) is 4.74 Å². The molecule has 0 aliphatic carbocycles. The zero-order valence-electron chi connectivity index (χ0n) is 14.5. The average molecular weight is 350 g/mol. The lowest BCUT2D eigenvalue weighted by atomic mass is 10.2. The molecule has 8 nitrogen and oxygen atoms in total. The highest BCUT2D eigenvalue weighted by Crippen LogP contribution is 2.28. The fourth-order valence-electron chi connectivity index (χ4n) is 2.54. The van der Waals surface area contributed by atoms with Gasteiger partial charge in [-0.2, -0.15) is 4.98 Å². The van der Waals surface area contributed by atoms with E-state index in [1.807, 2.05) is 44.4 Å². The van der Waals surface area contributed by atoms with E-state index < -0.39 is 0 Å². The predicted molar refractivity (Wildman–Crippen MR) is 97.7 cm³/mol. The van der Waals surface area contributed by atoms with Crippen LogP contribution in [0.3, 0.4) is 0 Å². The van der Waals surface area contributed by atoms with Gasteiger partial charge in [0.25, 0.3) is 5.56 Å². The van der Waals surface area contributed by atoms with Gasteiger partial charge in [-0.05, 0) is 5.56 Å². The molecule has 0 bridgehead atoms. The molecule has 1 fully saturated rings. The van der Waals surface area contributed by atoms with E-state index in [1.165, 1.54) is 4.57 Å². The molecule has 0 N–H and O–H groups in total. The number of aromatic nitrogens is 4. The third kappa shape index (κ3) is 3.31.